The molecule has 1 saturated carbocycles. The number of aromatic nitrogens is 2. The third kappa shape index (κ3) is 4.08. The number of Topliss-reactive ketones (excluding diaryl/α,β-unsaturated/α-hetero) is 1. The number of primary amides is 1. The van der Waals surface area contributed by atoms with Crippen molar-refractivity contribution in [1.82, 2.24) is 9.78 Å². The molecule has 0 saturated heterocycles. The maximum atomic E-state index is 15.0. The summed E-state index contributed by atoms with van der Waals surface area (Å²) in [5.74, 6) is -1.53. The lowest BCUT2D eigenvalue weighted by Gasteiger charge is -2.29. The largest absolute Gasteiger partial charge is 0.393 e. The average molecular weight is 429 g/mol. The van der Waals surface area contributed by atoms with Gasteiger partial charge in [-0.05, 0) is 50.5 Å². The number of anilines is 1. The minimum absolute atomic E-state index is 0.00457. The SMILES string of the molecule is Cc1nn(-c2cc(F)c(C(N)=O)c(N[C@H]3CC[C@H](O)CC3)c2)c2c1C(=O)CC(C)(C)C2. The van der Waals surface area contributed by atoms with Crippen LogP contribution in [-0.4, -0.2) is 38.7 Å². The molecule has 1 aromatic heterocycles. The van der Waals surface area contributed by atoms with Crippen molar-refractivity contribution < 1.29 is 19.1 Å². The quantitative estimate of drug-likeness (QED) is 0.692. The van der Waals surface area contributed by atoms with E-state index in [1.807, 2.05) is 13.8 Å². The predicted octanol–water partition coefficient (Wildman–Crippen LogP) is 3.29. The average Bonchev–Trinajstić information content (AvgIpc) is 2.98. The molecule has 2 aliphatic rings. The van der Waals surface area contributed by atoms with Gasteiger partial charge in [0.25, 0.3) is 5.91 Å². The lowest BCUT2D eigenvalue weighted by atomic mass is 9.75. The van der Waals surface area contributed by atoms with Gasteiger partial charge in [0, 0.05) is 18.5 Å². The molecule has 1 aromatic carbocycles. The summed E-state index contributed by atoms with van der Waals surface area (Å²) in [6.07, 6.45) is 3.48. The highest BCUT2D eigenvalue weighted by atomic mass is 19.1. The number of nitrogens with two attached hydrogens (primary N) is 1. The molecule has 0 radical (unpaired) electrons. The van der Waals surface area contributed by atoms with E-state index < -0.39 is 11.7 Å². The summed E-state index contributed by atoms with van der Waals surface area (Å²) in [6.45, 7) is 5.84. The topological polar surface area (TPSA) is 110 Å². The Bertz CT molecular complexity index is 1050. The van der Waals surface area contributed by atoms with Gasteiger partial charge in [0.15, 0.2) is 5.78 Å². The van der Waals surface area contributed by atoms with Crippen LogP contribution in [0, 0.1) is 18.2 Å². The molecule has 0 atom stereocenters. The van der Waals surface area contributed by atoms with Crippen molar-refractivity contribution in [3.63, 3.8) is 0 Å². The van der Waals surface area contributed by atoms with Crippen molar-refractivity contribution in [3.8, 4) is 5.69 Å². The van der Waals surface area contributed by atoms with Crippen LogP contribution in [0.5, 0.6) is 0 Å². The molecule has 0 unspecified atom stereocenters. The summed E-state index contributed by atoms with van der Waals surface area (Å²) in [6, 6.07) is 2.92. The number of halogens is 1. The summed E-state index contributed by atoms with van der Waals surface area (Å²) >= 11 is 0. The summed E-state index contributed by atoms with van der Waals surface area (Å²) < 4.78 is 16.7. The second kappa shape index (κ2) is 7.75. The second-order valence-corrected chi connectivity index (χ2v) is 9.62. The Morgan fingerprint density at radius 3 is 2.58 bits per heavy atom. The van der Waals surface area contributed by atoms with Gasteiger partial charge in [0.05, 0.1) is 40.0 Å². The van der Waals surface area contributed by atoms with Crippen molar-refractivity contribution in [2.24, 2.45) is 11.1 Å². The van der Waals surface area contributed by atoms with Gasteiger partial charge >= 0.3 is 0 Å². The van der Waals surface area contributed by atoms with Crippen molar-refractivity contribution >= 4 is 17.4 Å². The molecule has 8 heteroatoms. The number of ketones is 1. The number of carbonyl (C=O) groups excluding carboxylic acids is 2. The van der Waals surface area contributed by atoms with Gasteiger partial charge in [0.2, 0.25) is 0 Å². The van der Waals surface area contributed by atoms with E-state index in [-0.39, 0.29) is 28.9 Å². The van der Waals surface area contributed by atoms with Crippen LogP contribution in [0.3, 0.4) is 0 Å². The third-order valence-electron chi connectivity index (χ3n) is 6.34. The molecule has 0 bridgehead atoms. The van der Waals surface area contributed by atoms with E-state index >= 15 is 4.39 Å². The number of aliphatic hydroxyl groups is 1. The van der Waals surface area contributed by atoms with E-state index in [2.05, 4.69) is 10.4 Å². The lowest BCUT2D eigenvalue weighted by Crippen LogP contribution is -2.30. The highest BCUT2D eigenvalue weighted by molar-refractivity contribution is 6.00. The predicted molar refractivity (Wildman–Crippen MR) is 115 cm³/mol. The number of amides is 1. The number of nitrogens with zero attached hydrogens (tertiary/aromatic N) is 2. The first-order valence-corrected chi connectivity index (χ1v) is 10.8. The van der Waals surface area contributed by atoms with E-state index in [0.717, 1.165) is 5.69 Å². The number of hydrogen-bond acceptors (Lipinski definition) is 5. The van der Waals surface area contributed by atoms with Crippen molar-refractivity contribution in [2.45, 2.75) is 71.4 Å². The highest BCUT2D eigenvalue weighted by Crippen LogP contribution is 2.38. The van der Waals surface area contributed by atoms with Gasteiger partial charge in [-0.15, -0.1) is 0 Å². The van der Waals surface area contributed by atoms with E-state index in [0.29, 0.717) is 61.2 Å². The first-order chi connectivity index (χ1) is 14.6. The molecular formula is C23H29FN4O3. The number of aryl methyl sites for hydroxylation is 1. The van der Waals surface area contributed by atoms with Gasteiger partial charge in [-0.1, -0.05) is 13.8 Å². The Morgan fingerprint density at radius 1 is 1.26 bits per heavy atom. The van der Waals surface area contributed by atoms with E-state index in [1.165, 1.54) is 6.07 Å². The molecule has 0 spiro atoms. The minimum Gasteiger partial charge on any atom is -0.393 e. The van der Waals surface area contributed by atoms with Gasteiger partial charge in [0.1, 0.15) is 5.82 Å². The Morgan fingerprint density at radius 2 is 1.94 bits per heavy atom. The monoisotopic (exact) mass is 428 g/mol. The zero-order valence-corrected chi connectivity index (χ0v) is 18.2. The van der Waals surface area contributed by atoms with E-state index in [4.69, 9.17) is 5.73 Å². The third-order valence-corrected chi connectivity index (χ3v) is 6.34. The molecule has 166 valence electrons. The lowest BCUT2D eigenvalue weighted by molar-refractivity contribution is 0.0909. The smallest absolute Gasteiger partial charge is 0.253 e. The van der Waals surface area contributed by atoms with Crippen molar-refractivity contribution in [1.29, 1.82) is 0 Å². The molecule has 2 aromatic rings. The number of aliphatic hydroxyl groups excluding tert-OH is 1. The molecule has 2 aliphatic carbocycles. The van der Waals surface area contributed by atoms with E-state index in [9.17, 15) is 14.7 Å². The molecule has 1 heterocycles. The molecule has 4 rings (SSSR count). The first kappa shape index (κ1) is 21.5. The summed E-state index contributed by atoms with van der Waals surface area (Å²) in [5.41, 5.74) is 7.80. The number of benzene rings is 1. The Hall–Kier alpha value is -2.74. The van der Waals surface area contributed by atoms with Crippen molar-refractivity contribution in [2.75, 3.05) is 5.32 Å². The molecule has 1 fully saturated rings. The maximum Gasteiger partial charge on any atom is 0.253 e. The fourth-order valence-electron chi connectivity index (χ4n) is 4.87. The van der Waals surface area contributed by atoms with Gasteiger partial charge in [-0.3, -0.25) is 9.59 Å². The molecule has 31 heavy (non-hydrogen) atoms. The van der Waals surface area contributed by atoms with Crippen LogP contribution in [0.2, 0.25) is 0 Å². The zero-order chi connectivity index (χ0) is 22.5. The van der Waals surface area contributed by atoms with Gasteiger partial charge < -0.3 is 16.2 Å². The molecule has 1 amide bonds. The van der Waals surface area contributed by atoms with Crippen LogP contribution >= 0.6 is 0 Å². The number of fused-ring (bicyclic) bond motifs is 1. The summed E-state index contributed by atoms with van der Waals surface area (Å²) in [5, 5.41) is 17.5. The van der Waals surface area contributed by atoms with Crippen LogP contribution < -0.4 is 11.1 Å². The fourth-order valence-corrected chi connectivity index (χ4v) is 4.87. The van der Waals surface area contributed by atoms with Gasteiger partial charge in [-0.2, -0.15) is 5.10 Å². The Labute approximate surface area is 180 Å². The molecule has 0 aliphatic heterocycles. The standard InChI is InChI=1S/C23H29FN4O3/c1-12-20-18(10-23(2,3)11-19(20)30)28(27-12)14-8-16(24)21(22(25)31)17(9-14)26-13-4-6-15(29)7-5-13/h8-9,13,15,26,29H,4-7,10-11H2,1-3H3,(H2,25,31)/t13-,15-. The van der Waals surface area contributed by atoms with Crippen LogP contribution in [0.25, 0.3) is 5.69 Å². The summed E-state index contributed by atoms with van der Waals surface area (Å²) in [7, 11) is 0. The molecular weight excluding hydrogens is 399 g/mol. The fraction of sp³-hybridized carbons (Fsp3) is 0.522. The van der Waals surface area contributed by atoms with Crippen molar-refractivity contribution in [3.05, 3.63) is 40.5 Å². The van der Waals surface area contributed by atoms with Crippen LogP contribution in [0.1, 0.15) is 78.1 Å². The first-order valence-electron chi connectivity index (χ1n) is 10.8. The number of hydrogen-bond donors (Lipinski definition) is 3. The minimum atomic E-state index is -0.850. The zero-order valence-electron chi connectivity index (χ0n) is 18.2. The van der Waals surface area contributed by atoms with Crippen LogP contribution in [0.15, 0.2) is 12.1 Å². The molecule has 4 N–H and O–H groups in total. The second-order valence-electron chi connectivity index (χ2n) is 9.62. The van der Waals surface area contributed by atoms with Gasteiger partial charge in [-0.25, -0.2) is 9.07 Å². The number of nitrogens with one attached hydrogen (secondary N) is 1. The Kier molecular flexibility index (Phi) is 5.37. The van der Waals surface area contributed by atoms with Crippen LogP contribution in [-0.2, 0) is 6.42 Å². The summed E-state index contributed by atoms with van der Waals surface area (Å²) in [4.78, 5) is 24.7. The number of rotatable bonds is 4. The normalized spacial score (nSPS) is 22.8. The molecule has 7 nitrogen and oxygen atoms in total. The van der Waals surface area contributed by atoms with E-state index in [1.54, 1.807) is 17.7 Å². The number of carbonyl (C=O) groups is 2. The van der Waals surface area contributed by atoms with Crippen LogP contribution in [0.4, 0.5) is 10.1 Å². The Balaban J connectivity index is 1.79. The maximum absolute atomic E-state index is 15.0. The highest BCUT2D eigenvalue weighted by Gasteiger charge is 2.36.